The summed E-state index contributed by atoms with van der Waals surface area (Å²) in [6.07, 6.45) is 35.4. The van der Waals surface area contributed by atoms with Crippen LogP contribution in [0.3, 0.4) is 0 Å². The number of hydrogen-bond donors (Lipinski definition) is 12. The highest BCUT2D eigenvalue weighted by atomic mass is 16.8. The van der Waals surface area contributed by atoms with E-state index in [9.17, 15) is 61.0 Å². The van der Waals surface area contributed by atoms with Gasteiger partial charge in [-0.15, -0.1) is 0 Å². The molecule has 3 aliphatic rings. The Kier molecular flexibility index (Phi) is 43.4. The summed E-state index contributed by atoms with van der Waals surface area (Å²) in [7, 11) is 0. The average molecular weight is 1220 g/mol. The fraction of sp³-hybridized carbons (Fsp3) is 0.746. The van der Waals surface area contributed by atoms with Gasteiger partial charge in [0.2, 0.25) is 5.91 Å². The van der Waals surface area contributed by atoms with Crippen LogP contribution in [-0.4, -0.2) is 193 Å². The van der Waals surface area contributed by atoms with Crippen LogP contribution in [0.15, 0.2) is 97.2 Å². The van der Waals surface area contributed by atoms with Crippen molar-refractivity contribution in [1.29, 1.82) is 0 Å². The minimum Gasteiger partial charge on any atom is -0.394 e. The topological polar surface area (TPSA) is 307 Å². The Bertz CT molecular complexity index is 1940. The molecule has 19 heteroatoms. The molecule has 1 amide bonds. The van der Waals surface area contributed by atoms with E-state index in [1.807, 2.05) is 6.08 Å². The molecule has 17 atom stereocenters. The third kappa shape index (κ3) is 31.0. The lowest BCUT2D eigenvalue weighted by Crippen LogP contribution is -2.66. The molecule has 0 aromatic carbocycles. The summed E-state index contributed by atoms with van der Waals surface area (Å²) in [4.78, 5) is 13.3. The van der Waals surface area contributed by atoms with Crippen molar-refractivity contribution in [3.05, 3.63) is 97.2 Å². The monoisotopic (exact) mass is 1220 g/mol. The number of nitrogens with one attached hydrogen (secondary N) is 1. The predicted octanol–water partition coefficient (Wildman–Crippen LogP) is 7.32. The number of amides is 1. The van der Waals surface area contributed by atoms with Gasteiger partial charge < -0.3 is 89.9 Å². The molecular formula is C67H113NO18. The smallest absolute Gasteiger partial charge is 0.220 e. The van der Waals surface area contributed by atoms with E-state index >= 15 is 0 Å². The average Bonchev–Trinajstić information content (AvgIpc) is 2.62. The third-order valence-electron chi connectivity index (χ3n) is 15.6. The molecule has 3 fully saturated rings. The van der Waals surface area contributed by atoms with Crippen LogP contribution in [0.5, 0.6) is 0 Å². The highest BCUT2D eigenvalue weighted by molar-refractivity contribution is 5.76. The molecule has 0 radical (unpaired) electrons. The molecule has 12 N–H and O–H groups in total. The molecule has 19 nitrogen and oxygen atoms in total. The van der Waals surface area contributed by atoms with Crippen LogP contribution in [0.1, 0.15) is 187 Å². The van der Waals surface area contributed by atoms with Gasteiger partial charge in [-0.2, -0.15) is 0 Å². The fourth-order valence-corrected chi connectivity index (χ4v) is 10.3. The SMILES string of the molecule is CC/C=C\C/C=C\C/C=C\C/C=C\C/C=C\CCCCCCCCCCCCCCCC(=O)NC(COC1OC(CO)C(OC2OC(CO)C(OC3OC(CO)C(O)C(O)C3O)C(O)C2O)C(O)C1O)C(O)/C=C/CC/C=C/CC/C=C/CCCC. The molecule has 0 aliphatic carbocycles. The van der Waals surface area contributed by atoms with Crippen molar-refractivity contribution >= 4 is 5.91 Å². The minimum atomic E-state index is -1.99. The van der Waals surface area contributed by atoms with Crippen molar-refractivity contribution in [3.63, 3.8) is 0 Å². The van der Waals surface area contributed by atoms with Crippen LogP contribution in [0, 0.1) is 0 Å². The van der Waals surface area contributed by atoms with E-state index < -0.39 is 124 Å². The number of allylic oxidation sites excluding steroid dienone is 15. The molecule has 3 aliphatic heterocycles. The molecule has 0 aromatic rings. The Morgan fingerprint density at radius 2 is 0.814 bits per heavy atom. The van der Waals surface area contributed by atoms with Crippen LogP contribution < -0.4 is 5.32 Å². The molecule has 494 valence electrons. The Morgan fingerprint density at radius 1 is 0.430 bits per heavy atom. The number of rotatable bonds is 47. The number of carbonyl (C=O) groups excluding carboxylic acids is 1. The molecule has 3 rings (SSSR count). The van der Waals surface area contributed by atoms with Crippen molar-refractivity contribution in [2.45, 2.75) is 291 Å². The van der Waals surface area contributed by atoms with Gasteiger partial charge in [0.25, 0.3) is 0 Å². The Morgan fingerprint density at radius 3 is 1.30 bits per heavy atom. The van der Waals surface area contributed by atoms with E-state index in [-0.39, 0.29) is 18.9 Å². The quantitative estimate of drug-likeness (QED) is 0.0210. The summed E-state index contributed by atoms with van der Waals surface area (Å²) in [6, 6.07) is -1.00. The van der Waals surface area contributed by atoms with Gasteiger partial charge in [-0.25, -0.2) is 0 Å². The van der Waals surface area contributed by atoms with Crippen molar-refractivity contribution in [2.24, 2.45) is 0 Å². The largest absolute Gasteiger partial charge is 0.394 e. The molecule has 86 heavy (non-hydrogen) atoms. The molecule has 3 heterocycles. The van der Waals surface area contributed by atoms with Crippen molar-refractivity contribution in [2.75, 3.05) is 26.4 Å². The number of unbranched alkanes of at least 4 members (excludes halogenated alkanes) is 17. The number of carbonyl (C=O) groups is 1. The van der Waals surface area contributed by atoms with E-state index in [1.54, 1.807) is 6.08 Å². The highest BCUT2D eigenvalue weighted by Crippen LogP contribution is 2.33. The zero-order chi connectivity index (χ0) is 62.6. The normalized spacial score (nSPS) is 29.4. The second-order valence-electron chi connectivity index (χ2n) is 22.8. The van der Waals surface area contributed by atoms with Gasteiger partial charge in [0.15, 0.2) is 18.9 Å². The van der Waals surface area contributed by atoms with Crippen LogP contribution in [0.4, 0.5) is 0 Å². The zero-order valence-electron chi connectivity index (χ0n) is 51.7. The molecule has 17 unspecified atom stereocenters. The molecule has 0 saturated carbocycles. The standard InChI is InChI=1S/C67H113NO18/c1-3-5-7-9-11-13-15-17-18-19-20-21-22-23-24-25-26-27-28-29-30-31-32-33-35-37-39-41-43-45-55(73)68-50(51(72)44-42-40-38-36-34-16-14-12-10-8-6-4-2)49-81-65-61(79)58(76)63(53(47-70)83-65)86-67-62(80)59(77)64(54(48-71)84-67)85-66-60(78)57(75)56(74)52(46-69)82-66/h5,7,10-13,17-18,20-21,23-24,34,36,42,44,50-54,56-67,69-72,74-80H,3-4,6,8-9,14-16,19,22,25-33,35,37-41,43,45-49H2,1-2H3,(H,68,73)/b7-5-,12-10+,13-11-,18-17-,21-20-,24-23-,36-34+,44-42+. The first-order valence-corrected chi connectivity index (χ1v) is 32.5. The number of aliphatic hydroxyl groups excluding tert-OH is 11. The Labute approximate surface area is 513 Å². The maximum atomic E-state index is 13.3. The summed E-state index contributed by atoms with van der Waals surface area (Å²) in [5.41, 5.74) is 0. The van der Waals surface area contributed by atoms with Crippen molar-refractivity contribution in [3.8, 4) is 0 Å². The van der Waals surface area contributed by atoms with Crippen LogP contribution in [-0.2, 0) is 33.2 Å². The maximum absolute atomic E-state index is 13.3. The Balaban J connectivity index is 1.41. The van der Waals surface area contributed by atoms with Gasteiger partial charge in [-0.1, -0.05) is 195 Å². The summed E-state index contributed by atoms with van der Waals surface area (Å²) in [5.74, 6) is -0.297. The lowest BCUT2D eigenvalue weighted by Gasteiger charge is -2.48. The minimum absolute atomic E-state index is 0.224. The maximum Gasteiger partial charge on any atom is 0.220 e. The predicted molar refractivity (Wildman–Crippen MR) is 332 cm³/mol. The molecule has 0 bridgehead atoms. The number of hydrogen-bond acceptors (Lipinski definition) is 18. The lowest BCUT2D eigenvalue weighted by molar-refractivity contribution is -0.379. The van der Waals surface area contributed by atoms with Crippen LogP contribution in [0.25, 0.3) is 0 Å². The van der Waals surface area contributed by atoms with Crippen LogP contribution >= 0.6 is 0 Å². The second-order valence-corrected chi connectivity index (χ2v) is 22.8. The van der Waals surface area contributed by atoms with E-state index in [1.165, 1.54) is 64.2 Å². The van der Waals surface area contributed by atoms with Gasteiger partial charge >= 0.3 is 0 Å². The number of aliphatic hydroxyl groups is 11. The molecule has 3 saturated heterocycles. The van der Waals surface area contributed by atoms with Crippen molar-refractivity contribution in [1.82, 2.24) is 5.32 Å². The summed E-state index contributed by atoms with van der Waals surface area (Å²) < 4.78 is 34.2. The van der Waals surface area contributed by atoms with Gasteiger partial charge in [-0.3, -0.25) is 4.79 Å². The fourth-order valence-electron chi connectivity index (χ4n) is 10.3. The first-order valence-electron chi connectivity index (χ1n) is 32.5. The van der Waals surface area contributed by atoms with Gasteiger partial charge in [0.1, 0.15) is 73.2 Å². The van der Waals surface area contributed by atoms with Crippen LogP contribution in [0.2, 0.25) is 0 Å². The molecule has 0 aromatic heterocycles. The van der Waals surface area contributed by atoms with Gasteiger partial charge in [-0.05, 0) is 83.5 Å². The van der Waals surface area contributed by atoms with Gasteiger partial charge in [0.05, 0.1) is 38.6 Å². The van der Waals surface area contributed by atoms with Gasteiger partial charge in [0, 0.05) is 6.42 Å². The first kappa shape index (κ1) is 77.0. The summed E-state index contributed by atoms with van der Waals surface area (Å²) in [5, 5.41) is 120. The van der Waals surface area contributed by atoms with E-state index in [0.717, 1.165) is 89.9 Å². The molecule has 0 spiro atoms. The zero-order valence-corrected chi connectivity index (χ0v) is 51.7. The lowest BCUT2D eigenvalue weighted by atomic mass is 9.96. The van der Waals surface area contributed by atoms with Crippen molar-refractivity contribution < 1.29 is 89.4 Å². The van der Waals surface area contributed by atoms with E-state index in [4.69, 9.17) is 28.4 Å². The van der Waals surface area contributed by atoms with E-state index in [2.05, 4.69) is 104 Å². The summed E-state index contributed by atoms with van der Waals surface area (Å²) in [6.45, 7) is 1.51. The second kappa shape index (κ2) is 48.5. The highest BCUT2D eigenvalue weighted by Gasteiger charge is 2.53. The third-order valence-corrected chi connectivity index (χ3v) is 15.6. The first-order chi connectivity index (χ1) is 41.8. The Hall–Kier alpha value is -3.29. The number of ether oxygens (including phenoxy) is 6. The summed E-state index contributed by atoms with van der Waals surface area (Å²) >= 11 is 0. The molecular weight excluding hydrogens is 1110 g/mol. The van der Waals surface area contributed by atoms with E-state index in [0.29, 0.717) is 12.8 Å².